The number of rotatable bonds is 6. The van der Waals surface area contributed by atoms with Crippen LogP contribution >= 0.6 is 0 Å². The van der Waals surface area contributed by atoms with Crippen molar-refractivity contribution in [3.8, 4) is 11.5 Å². The SMILES string of the molecule is COc1ccc(CCC(=O)c2cccc(S(=O)(=O)O)c2)c(O)c1. The molecule has 2 N–H and O–H groups in total. The van der Waals surface area contributed by atoms with Crippen molar-refractivity contribution < 1.29 is 27.6 Å². The highest BCUT2D eigenvalue weighted by molar-refractivity contribution is 7.85. The Morgan fingerprint density at radius 3 is 2.52 bits per heavy atom. The third kappa shape index (κ3) is 4.30. The molecular weight excluding hydrogens is 320 g/mol. The average molecular weight is 336 g/mol. The molecule has 0 spiro atoms. The highest BCUT2D eigenvalue weighted by atomic mass is 32.2. The van der Waals surface area contributed by atoms with E-state index in [9.17, 15) is 18.3 Å². The van der Waals surface area contributed by atoms with E-state index in [1.165, 1.54) is 31.4 Å². The third-order valence-electron chi connectivity index (χ3n) is 3.37. The van der Waals surface area contributed by atoms with Crippen LogP contribution in [0, 0.1) is 0 Å². The van der Waals surface area contributed by atoms with Gasteiger partial charge in [0.15, 0.2) is 5.78 Å². The van der Waals surface area contributed by atoms with Crippen molar-refractivity contribution in [3.05, 3.63) is 53.6 Å². The Bertz CT molecular complexity index is 826. The maximum Gasteiger partial charge on any atom is 0.294 e. The summed E-state index contributed by atoms with van der Waals surface area (Å²) in [5.74, 6) is 0.257. The zero-order valence-corrected chi connectivity index (χ0v) is 13.2. The Morgan fingerprint density at radius 2 is 1.91 bits per heavy atom. The fourth-order valence-corrected chi connectivity index (χ4v) is 2.63. The Labute approximate surface area is 134 Å². The van der Waals surface area contributed by atoms with E-state index in [2.05, 4.69) is 0 Å². The van der Waals surface area contributed by atoms with Crippen molar-refractivity contribution >= 4 is 15.9 Å². The lowest BCUT2D eigenvalue weighted by Crippen LogP contribution is -2.04. The Kier molecular flexibility index (Phi) is 5.02. The molecule has 0 amide bonds. The summed E-state index contributed by atoms with van der Waals surface area (Å²) in [6.45, 7) is 0. The lowest BCUT2D eigenvalue weighted by Gasteiger charge is -2.07. The molecule has 0 saturated heterocycles. The molecule has 0 fully saturated rings. The van der Waals surface area contributed by atoms with Crippen LogP contribution in [0.4, 0.5) is 0 Å². The molecule has 2 aromatic carbocycles. The van der Waals surface area contributed by atoms with Gasteiger partial charge in [-0.3, -0.25) is 9.35 Å². The van der Waals surface area contributed by atoms with Gasteiger partial charge in [-0.25, -0.2) is 0 Å². The largest absolute Gasteiger partial charge is 0.508 e. The van der Waals surface area contributed by atoms with Crippen molar-refractivity contribution in [2.75, 3.05) is 7.11 Å². The van der Waals surface area contributed by atoms with Gasteiger partial charge in [-0.2, -0.15) is 8.42 Å². The second-order valence-electron chi connectivity index (χ2n) is 4.92. The molecular formula is C16H16O6S. The molecule has 2 rings (SSSR count). The first kappa shape index (κ1) is 17.0. The lowest BCUT2D eigenvalue weighted by molar-refractivity contribution is 0.0982. The normalized spacial score (nSPS) is 11.2. The van der Waals surface area contributed by atoms with E-state index in [-0.39, 0.29) is 28.4 Å². The van der Waals surface area contributed by atoms with Gasteiger partial charge < -0.3 is 9.84 Å². The van der Waals surface area contributed by atoms with Crippen LogP contribution in [0.3, 0.4) is 0 Å². The molecule has 7 heteroatoms. The van der Waals surface area contributed by atoms with Gasteiger partial charge in [0.05, 0.1) is 12.0 Å². The smallest absolute Gasteiger partial charge is 0.294 e. The second kappa shape index (κ2) is 6.80. The van der Waals surface area contributed by atoms with Gasteiger partial charge in [0.1, 0.15) is 11.5 Å². The number of methoxy groups -OCH3 is 1. The minimum absolute atomic E-state index is 0.0313. The van der Waals surface area contributed by atoms with Crippen LogP contribution in [0.25, 0.3) is 0 Å². The van der Waals surface area contributed by atoms with Gasteiger partial charge in [-0.05, 0) is 30.2 Å². The van der Waals surface area contributed by atoms with Crippen LogP contribution in [0.5, 0.6) is 11.5 Å². The number of carbonyl (C=O) groups excluding carboxylic acids is 1. The molecule has 23 heavy (non-hydrogen) atoms. The van der Waals surface area contributed by atoms with Gasteiger partial charge in [0, 0.05) is 18.1 Å². The quantitative estimate of drug-likeness (QED) is 0.621. The molecule has 2 aromatic rings. The summed E-state index contributed by atoms with van der Waals surface area (Å²) < 4.78 is 36.2. The number of ketones is 1. The number of aryl methyl sites for hydroxylation is 1. The van der Waals surface area contributed by atoms with Crippen molar-refractivity contribution in [2.24, 2.45) is 0 Å². The number of Topliss-reactive ketones (excluding diaryl/α,β-unsaturated/α-hetero) is 1. The molecule has 122 valence electrons. The lowest BCUT2D eigenvalue weighted by atomic mass is 10.0. The Hall–Kier alpha value is -2.38. The average Bonchev–Trinajstić information content (AvgIpc) is 2.52. The maximum absolute atomic E-state index is 12.1. The first-order valence-corrected chi connectivity index (χ1v) is 8.22. The summed E-state index contributed by atoms with van der Waals surface area (Å²) in [5, 5.41) is 9.85. The minimum atomic E-state index is -4.35. The summed E-state index contributed by atoms with van der Waals surface area (Å²) in [6, 6.07) is 10.0. The van der Waals surface area contributed by atoms with Crippen molar-refractivity contribution in [1.82, 2.24) is 0 Å². The van der Waals surface area contributed by atoms with Crippen LogP contribution in [0.15, 0.2) is 47.4 Å². The Balaban J connectivity index is 2.11. The predicted octanol–water partition coefficient (Wildman–Crippen LogP) is 2.46. The zero-order valence-electron chi connectivity index (χ0n) is 12.4. The van der Waals surface area contributed by atoms with E-state index in [1.54, 1.807) is 12.1 Å². The van der Waals surface area contributed by atoms with E-state index in [0.29, 0.717) is 17.7 Å². The third-order valence-corrected chi connectivity index (χ3v) is 4.22. The standard InChI is InChI=1S/C16H16O6S/c1-22-13-7-5-11(16(18)10-13)6-8-15(17)12-3-2-4-14(9-12)23(19,20)21/h2-5,7,9-10,18H,6,8H2,1H3,(H,19,20,21). The van der Waals surface area contributed by atoms with Gasteiger partial charge in [0.25, 0.3) is 10.1 Å². The molecule has 0 radical (unpaired) electrons. The highest BCUT2D eigenvalue weighted by Gasteiger charge is 2.14. The minimum Gasteiger partial charge on any atom is -0.508 e. The van der Waals surface area contributed by atoms with Crippen LogP contribution in [0.2, 0.25) is 0 Å². The molecule has 6 nitrogen and oxygen atoms in total. The van der Waals surface area contributed by atoms with Gasteiger partial charge in [0.2, 0.25) is 0 Å². The number of hydrogen-bond acceptors (Lipinski definition) is 5. The summed E-state index contributed by atoms with van der Waals surface area (Å²) in [5.41, 5.74) is 0.776. The van der Waals surface area contributed by atoms with E-state index in [1.807, 2.05) is 0 Å². The van der Waals surface area contributed by atoms with Crippen molar-refractivity contribution in [2.45, 2.75) is 17.7 Å². The van der Waals surface area contributed by atoms with Crippen LogP contribution in [0.1, 0.15) is 22.3 Å². The maximum atomic E-state index is 12.1. The first-order chi connectivity index (χ1) is 10.8. The summed E-state index contributed by atoms with van der Waals surface area (Å²) in [7, 11) is -2.86. The predicted molar refractivity (Wildman–Crippen MR) is 83.6 cm³/mol. The molecule has 0 unspecified atom stereocenters. The number of phenolic OH excluding ortho intramolecular Hbond substituents is 1. The first-order valence-electron chi connectivity index (χ1n) is 6.78. The van der Waals surface area contributed by atoms with Crippen molar-refractivity contribution in [1.29, 1.82) is 0 Å². The molecule has 0 heterocycles. The molecule has 0 saturated carbocycles. The van der Waals surface area contributed by atoms with Crippen molar-refractivity contribution in [3.63, 3.8) is 0 Å². The number of hydrogen-bond donors (Lipinski definition) is 2. The van der Waals surface area contributed by atoms with Crippen LogP contribution in [-0.4, -0.2) is 31.0 Å². The molecule has 0 aliphatic heterocycles. The molecule has 0 aliphatic rings. The zero-order chi connectivity index (χ0) is 17.0. The molecule has 0 aromatic heterocycles. The van der Waals surface area contributed by atoms with E-state index in [0.717, 1.165) is 6.07 Å². The fourth-order valence-electron chi connectivity index (χ4n) is 2.10. The molecule has 0 bridgehead atoms. The fraction of sp³-hybridized carbons (Fsp3) is 0.188. The van der Waals surface area contributed by atoms with Crippen LogP contribution in [-0.2, 0) is 16.5 Å². The number of phenols is 1. The molecule has 0 atom stereocenters. The monoisotopic (exact) mass is 336 g/mol. The van der Waals surface area contributed by atoms with E-state index >= 15 is 0 Å². The van der Waals surface area contributed by atoms with Gasteiger partial charge >= 0.3 is 0 Å². The summed E-state index contributed by atoms with van der Waals surface area (Å²) >= 11 is 0. The summed E-state index contributed by atoms with van der Waals surface area (Å²) in [6.07, 6.45) is 0.388. The number of ether oxygens (including phenoxy) is 1. The second-order valence-corrected chi connectivity index (χ2v) is 6.34. The van der Waals surface area contributed by atoms with Crippen LogP contribution < -0.4 is 4.74 Å². The number of carbonyl (C=O) groups is 1. The van der Waals surface area contributed by atoms with Gasteiger partial charge in [-0.15, -0.1) is 0 Å². The summed E-state index contributed by atoms with van der Waals surface area (Å²) in [4.78, 5) is 11.8. The number of benzene rings is 2. The van der Waals surface area contributed by atoms with Gasteiger partial charge in [-0.1, -0.05) is 18.2 Å². The van der Waals surface area contributed by atoms with E-state index < -0.39 is 10.1 Å². The number of aromatic hydroxyl groups is 1. The topological polar surface area (TPSA) is 101 Å². The molecule has 0 aliphatic carbocycles. The van der Waals surface area contributed by atoms with E-state index in [4.69, 9.17) is 9.29 Å². The highest BCUT2D eigenvalue weighted by Crippen LogP contribution is 2.25. The Morgan fingerprint density at radius 1 is 1.17 bits per heavy atom.